The molecule has 0 aromatic rings. The Hall–Kier alpha value is -1.14. The van der Waals surface area contributed by atoms with Gasteiger partial charge in [0.1, 0.15) is 6.61 Å². The van der Waals surface area contributed by atoms with Gasteiger partial charge in [-0.05, 0) is 19.1 Å². The maximum Gasteiger partial charge on any atom is 0.417 e. The summed E-state index contributed by atoms with van der Waals surface area (Å²) >= 11 is 0. The number of nitrogens with zero attached hydrogens (tertiary/aromatic N) is 1. The second-order valence-electron chi connectivity index (χ2n) is 6.22. The molecule has 0 spiro atoms. The van der Waals surface area contributed by atoms with Crippen LogP contribution in [0.25, 0.3) is 0 Å². The Bertz CT molecular complexity index is 463. The monoisotopic (exact) mass is 329 g/mol. The molecule has 126 valence electrons. The number of carbonyl (C=O) groups is 2. The van der Waals surface area contributed by atoms with E-state index in [9.17, 15) is 9.59 Å². The van der Waals surface area contributed by atoms with E-state index in [4.69, 9.17) is 9.47 Å². The topological polar surface area (TPSA) is 55.8 Å². The fourth-order valence-corrected chi connectivity index (χ4v) is 2.53. The second kappa shape index (κ2) is 7.92. The SMILES string of the molecule is C=C[C@](C)(COCC[S@@](=C)C)C(=O)N1C(=O)OC[C@H]1C(C)C. The van der Waals surface area contributed by atoms with Gasteiger partial charge in [0.25, 0.3) is 0 Å². The number of hydrogen-bond acceptors (Lipinski definition) is 4. The molecule has 0 bridgehead atoms. The third-order valence-corrected chi connectivity index (χ3v) is 4.67. The number of rotatable bonds is 8. The maximum atomic E-state index is 12.8. The molecule has 1 aliphatic rings. The van der Waals surface area contributed by atoms with Crippen LogP contribution in [0.4, 0.5) is 4.79 Å². The molecule has 1 saturated heterocycles. The summed E-state index contributed by atoms with van der Waals surface area (Å²) in [7, 11) is 0.0536. The van der Waals surface area contributed by atoms with E-state index < -0.39 is 11.5 Å². The van der Waals surface area contributed by atoms with Crippen LogP contribution in [0.2, 0.25) is 0 Å². The van der Waals surface area contributed by atoms with Gasteiger partial charge in [-0.15, -0.1) is 6.58 Å². The molecule has 2 amide bonds. The summed E-state index contributed by atoms with van der Waals surface area (Å²) in [6.07, 6.45) is 3.01. The molecular formula is C16H27NO4S. The van der Waals surface area contributed by atoms with E-state index in [0.717, 1.165) is 5.75 Å². The van der Waals surface area contributed by atoms with Crippen molar-refractivity contribution in [3.8, 4) is 0 Å². The van der Waals surface area contributed by atoms with Gasteiger partial charge in [0.15, 0.2) is 0 Å². The van der Waals surface area contributed by atoms with Crippen LogP contribution in [-0.4, -0.2) is 60.6 Å². The number of ether oxygens (including phenoxy) is 2. The molecule has 1 rings (SSSR count). The van der Waals surface area contributed by atoms with Crippen molar-refractivity contribution in [2.45, 2.75) is 26.8 Å². The fourth-order valence-electron chi connectivity index (χ4n) is 2.13. The molecule has 5 nitrogen and oxygen atoms in total. The van der Waals surface area contributed by atoms with Crippen LogP contribution < -0.4 is 0 Å². The zero-order valence-corrected chi connectivity index (χ0v) is 14.8. The summed E-state index contributed by atoms with van der Waals surface area (Å²) in [6, 6.07) is -0.236. The van der Waals surface area contributed by atoms with Crippen LogP contribution in [0.15, 0.2) is 12.7 Å². The first kappa shape index (κ1) is 18.9. The number of imide groups is 1. The normalized spacial score (nSPS) is 22.3. The van der Waals surface area contributed by atoms with Crippen molar-refractivity contribution in [2.75, 3.05) is 31.8 Å². The van der Waals surface area contributed by atoms with Gasteiger partial charge in [-0.3, -0.25) is 4.79 Å². The molecule has 3 atom stereocenters. The molecule has 0 saturated carbocycles. The Kier molecular flexibility index (Phi) is 6.81. The first-order valence-corrected chi connectivity index (χ1v) is 9.34. The molecule has 6 heteroatoms. The largest absolute Gasteiger partial charge is 0.447 e. The highest BCUT2D eigenvalue weighted by atomic mass is 32.2. The number of cyclic esters (lactones) is 1. The lowest BCUT2D eigenvalue weighted by atomic mass is 9.89. The summed E-state index contributed by atoms with van der Waals surface area (Å²) in [5.74, 6) is 4.60. The smallest absolute Gasteiger partial charge is 0.417 e. The van der Waals surface area contributed by atoms with Crippen LogP contribution in [0.3, 0.4) is 0 Å². The van der Waals surface area contributed by atoms with Gasteiger partial charge in [-0.25, -0.2) is 9.69 Å². The van der Waals surface area contributed by atoms with Crippen molar-refractivity contribution >= 4 is 28.4 Å². The van der Waals surface area contributed by atoms with E-state index >= 15 is 0 Å². The van der Waals surface area contributed by atoms with E-state index in [2.05, 4.69) is 12.4 Å². The van der Waals surface area contributed by atoms with Crippen molar-refractivity contribution in [3.05, 3.63) is 12.7 Å². The zero-order chi connectivity index (χ0) is 16.9. The van der Waals surface area contributed by atoms with Crippen molar-refractivity contribution in [3.63, 3.8) is 0 Å². The van der Waals surface area contributed by atoms with E-state index in [1.54, 1.807) is 13.0 Å². The van der Waals surface area contributed by atoms with Crippen LogP contribution in [0.5, 0.6) is 0 Å². The number of hydrogen-bond donors (Lipinski definition) is 0. The second-order valence-corrected chi connectivity index (χ2v) is 8.19. The van der Waals surface area contributed by atoms with Crippen molar-refractivity contribution in [1.82, 2.24) is 4.90 Å². The minimum Gasteiger partial charge on any atom is -0.447 e. The number of carbonyl (C=O) groups excluding carboxylic acids is 2. The summed E-state index contributed by atoms with van der Waals surface area (Å²) in [6.45, 7) is 10.4. The predicted octanol–water partition coefficient (Wildman–Crippen LogP) is 2.53. The fraction of sp³-hybridized carbons (Fsp3) is 0.688. The minimum atomic E-state index is -0.940. The Balaban J connectivity index is 2.78. The first-order valence-electron chi connectivity index (χ1n) is 7.37. The lowest BCUT2D eigenvalue weighted by Gasteiger charge is -2.31. The van der Waals surface area contributed by atoms with Crippen molar-refractivity contribution in [1.29, 1.82) is 0 Å². The molecule has 0 aromatic heterocycles. The standard InChI is InChI=1S/C16H27NO4S/c1-7-16(4,11-20-8-9-22(5)6)14(18)17-13(12(2)3)10-21-15(17)19/h7,12-13H,1,5,8-11H2,2-4,6H3/t13-,16+,22-/m0/s1. The van der Waals surface area contributed by atoms with E-state index in [1.807, 2.05) is 20.1 Å². The molecule has 0 aromatic carbocycles. The van der Waals surface area contributed by atoms with Crippen LogP contribution >= 0.6 is 10.5 Å². The van der Waals surface area contributed by atoms with Crippen LogP contribution in [0, 0.1) is 11.3 Å². The summed E-state index contributed by atoms with van der Waals surface area (Å²) in [5, 5.41) is 0. The Labute approximate surface area is 135 Å². The number of amides is 2. The Morgan fingerprint density at radius 1 is 1.64 bits per heavy atom. The highest BCUT2D eigenvalue weighted by Gasteiger charge is 2.45. The molecule has 0 radical (unpaired) electrons. The molecular weight excluding hydrogens is 302 g/mol. The van der Waals surface area contributed by atoms with E-state index in [1.165, 1.54) is 4.90 Å². The average molecular weight is 329 g/mol. The summed E-state index contributed by atoms with van der Waals surface area (Å²) < 4.78 is 10.6. The Morgan fingerprint density at radius 2 is 2.27 bits per heavy atom. The van der Waals surface area contributed by atoms with Crippen LogP contribution in [-0.2, 0) is 14.3 Å². The van der Waals surface area contributed by atoms with Crippen molar-refractivity contribution < 1.29 is 19.1 Å². The van der Waals surface area contributed by atoms with Gasteiger partial charge in [0.2, 0.25) is 5.91 Å². The molecule has 22 heavy (non-hydrogen) atoms. The summed E-state index contributed by atoms with van der Waals surface area (Å²) in [5.41, 5.74) is -0.940. The third kappa shape index (κ3) is 4.43. The van der Waals surface area contributed by atoms with Gasteiger partial charge in [0, 0.05) is 5.75 Å². The first-order chi connectivity index (χ1) is 10.2. The molecule has 1 fully saturated rings. The lowest BCUT2D eigenvalue weighted by molar-refractivity contribution is -0.139. The molecule has 1 heterocycles. The highest BCUT2D eigenvalue weighted by molar-refractivity contribution is 8.13. The third-order valence-electron chi connectivity index (χ3n) is 3.81. The minimum absolute atomic E-state index is 0.0536. The van der Waals surface area contributed by atoms with Gasteiger partial charge in [-0.2, -0.15) is 10.5 Å². The maximum absolute atomic E-state index is 12.8. The average Bonchev–Trinajstić information content (AvgIpc) is 2.84. The predicted molar refractivity (Wildman–Crippen MR) is 91.4 cm³/mol. The molecule has 0 N–H and O–H groups in total. The van der Waals surface area contributed by atoms with E-state index in [0.29, 0.717) is 6.61 Å². The van der Waals surface area contributed by atoms with Crippen molar-refractivity contribution in [2.24, 2.45) is 11.3 Å². The van der Waals surface area contributed by atoms with Gasteiger partial charge >= 0.3 is 6.09 Å². The molecule has 1 aliphatic heterocycles. The van der Waals surface area contributed by atoms with Gasteiger partial charge in [-0.1, -0.05) is 25.8 Å². The Morgan fingerprint density at radius 3 is 2.77 bits per heavy atom. The van der Waals surface area contributed by atoms with E-state index in [-0.39, 0.29) is 41.6 Å². The quantitative estimate of drug-likeness (QED) is 0.390. The zero-order valence-electron chi connectivity index (χ0n) is 14.0. The summed E-state index contributed by atoms with van der Waals surface area (Å²) in [4.78, 5) is 26.0. The van der Waals surface area contributed by atoms with Gasteiger partial charge < -0.3 is 9.47 Å². The van der Waals surface area contributed by atoms with Crippen LogP contribution in [0.1, 0.15) is 20.8 Å². The molecule has 0 aliphatic carbocycles. The van der Waals surface area contributed by atoms with Gasteiger partial charge in [0.05, 0.1) is 24.7 Å². The lowest BCUT2D eigenvalue weighted by Crippen LogP contribution is -2.49. The highest BCUT2D eigenvalue weighted by Crippen LogP contribution is 2.28. The molecule has 0 unspecified atom stereocenters.